The molecule has 3 N–H and O–H groups in total. The number of hydrazine groups is 1. The number of amides is 1. The third kappa shape index (κ3) is 3.24. The number of rotatable bonds is 4. The normalized spacial score (nSPS) is 18.4. The van der Waals surface area contributed by atoms with E-state index < -0.39 is 0 Å². The first-order chi connectivity index (χ1) is 9.11. The monoisotopic (exact) mass is 263 g/mol. The van der Waals surface area contributed by atoms with E-state index in [4.69, 9.17) is 10.6 Å². The Bertz CT molecular complexity index is 456. The Morgan fingerprint density at radius 3 is 2.95 bits per heavy atom. The van der Waals surface area contributed by atoms with Crippen LogP contribution in [0.4, 0.5) is 5.69 Å². The molecule has 1 saturated heterocycles. The highest BCUT2D eigenvalue weighted by Crippen LogP contribution is 2.18. The second-order valence-corrected chi connectivity index (χ2v) is 4.99. The Morgan fingerprint density at radius 1 is 1.58 bits per heavy atom. The van der Waals surface area contributed by atoms with Gasteiger partial charge in [-0.1, -0.05) is 0 Å². The minimum absolute atomic E-state index is 0.0246. The van der Waals surface area contributed by atoms with Gasteiger partial charge in [0.25, 0.3) is 5.91 Å². The zero-order valence-corrected chi connectivity index (χ0v) is 11.5. The van der Waals surface area contributed by atoms with Crippen LogP contribution in [0.15, 0.2) is 18.2 Å². The van der Waals surface area contributed by atoms with Crippen LogP contribution < -0.4 is 11.3 Å². The van der Waals surface area contributed by atoms with Crippen LogP contribution in [0, 0.1) is 6.92 Å². The zero-order chi connectivity index (χ0) is 13.8. The highest BCUT2D eigenvalue weighted by atomic mass is 16.5. The van der Waals surface area contributed by atoms with Gasteiger partial charge in [-0.3, -0.25) is 10.6 Å². The maximum atomic E-state index is 12.4. The van der Waals surface area contributed by atoms with Crippen molar-refractivity contribution in [3.05, 3.63) is 29.3 Å². The Hall–Kier alpha value is -1.59. The lowest BCUT2D eigenvalue weighted by atomic mass is 10.1. The van der Waals surface area contributed by atoms with Crippen molar-refractivity contribution in [1.29, 1.82) is 0 Å². The first-order valence-corrected chi connectivity index (χ1v) is 6.56. The predicted molar refractivity (Wildman–Crippen MR) is 74.9 cm³/mol. The van der Waals surface area contributed by atoms with Crippen LogP contribution in [0.1, 0.15) is 28.8 Å². The number of likely N-dealkylation sites (N-methyl/N-ethyl adjacent to an activating group) is 1. The number of benzene rings is 1. The number of aryl methyl sites for hydroxylation is 1. The number of nitrogen functional groups attached to an aromatic ring is 1. The van der Waals surface area contributed by atoms with Gasteiger partial charge >= 0.3 is 0 Å². The molecule has 1 aromatic carbocycles. The molecule has 0 spiro atoms. The molecular formula is C14H21N3O2. The quantitative estimate of drug-likeness (QED) is 0.638. The van der Waals surface area contributed by atoms with Crippen molar-refractivity contribution < 1.29 is 9.53 Å². The van der Waals surface area contributed by atoms with Crippen LogP contribution in [0.25, 0.3) is 0 Å². The molecule has 5 nitrogen and oxygen atoms in total. The number of nitrogens with two attached hydrogens (primary N) is 1. The standard InChI is InChI=1S/C14H21N3O2/c1-10-8-11(16-15)5-6-13(10)14(18)17(2)9-12-4-3-7-19-12/h5-6,8,12,16H,3-4,7,9,15H2,1-2H3. The van der Waals surface area contributed by atoms with Gasteiger partial charge in [-0.15, -0.1) is 0 Å². The second kappa shape index (κ2) is 6.04. The molecule has 0 aliphatic carbocycles. The average molecular weight is 263 g/mol. The van der Waals surface area contributed by atoms with E-state index in [0.717, 1.165) is 30.7 Å². The van der Waals surface area contributed by atoms with E-state index in [0.29, 0.717) is 12.1 Å². The fraction of sp³-hybridized carbons (Fsp3) is 0.500. The first-order valence-electron chi connectivity index (χ1n) is 6.56. The fourth-order valence-corrected chi connectivity index (χ4v) is 2.38. The van der Waals surface area contributed by atoms with Crippen molar-refractivity contribution in [2.75, 3.05) is 25.6 Å². The summed E-state index contributed by atoms with van der Waals surface area (Å²) in [5, 5.41) is 0. The predicted octanol–water partition coefficient (Wildman–Crippen LogP) is 1.53. The maximum Gasteiger partial charge on any atom is 0.253 e. The van der Waals surface area contributed by atoms with Gasteiger partial charge in [0.1, 0.15) is 0 Å². The Balaban J connectivity index is 2.05. The minimum atomic E-state index is 0.0246. The van der Waals surface area contributed by atoms with E-state index in [9.17, 15) is 4.79 Å². The molecule has 19 heavy (non-hydrogen) atoms. The SMILES string of the molecule is Cc1cc(NN)ccc1C(=O)N(C)CC1CCCO1. The van der Waals surface area contributed by atoms with Crippen LogP contribution in [-0.2, 0) is 4.74 Å². The van der Waals surface area contributed by atoms with E-state index >= 15 is 0 Å². The van der Waals surface area contributed by atoms with E-state index in [-0.39, 0.29) is 12.0 Å². The summed E-state index contributed by atoms with van der Waals surface area (Å²) in [6, 6.07) is 5.48. The molecule has 2 rings (SSSR count). The fourth-order valence-electron chi connectivity index (χ4n) is 2.38. The van der Waals surface area contributed by atoms with Gasteiger partial charge in [0, 0.05) is 31.5 Å². The molecule has 5 heteroatoms. The highest BCUT2D eigenvalue weighted by molar-refractivity contribution is 5.95. The van der Waals surface area contributed by atoms with Crippen LogP contribution in [0.2, 0.25) is 0 Å². The smallest absolute Gasteiger partial charge is 0.253 e. The summed E-state index contributed by atoms with van der Waals surface area (Å²) < 4.78 is 5.56. The molecule has 0 radical (unpaired) electrons. The van der Waals surface area contributed by atoms with Gasteiger partial charge < -0.3 is 15.1 Å². The van der Waals surface area contributed by atoms with Gasteiger partial charge in [-0.25, -0.2) is 0 Å². The molecule has 1 aliphatic heterocycles. The Kier molecular flexibility index (Phi) is 4.39. The number of hydrogen-bond donors (Lipinski definition) is 2. The number of nitrogens with zero attached hydrogens (tertiary/aromatic N) is 1. The van der Waals surface area contributed by atoms with Gasteiger partial charge in [-0.05, 0) is 43.5 Å². The number of carbonyl (C=O) groups excluding carboxylic acids is 1. The van der Waals surface area contributed by atoms with E-state index in [2.05, 4.69) is 5.43 Å². The molecule has 104 valence electrons. The summed E-state index contributed by atoms with van der Waals surface area (Å²) >= 11 is 0. The van der Waals surface area contributed by atoms with Crippen molar-refractivity contribution in [2.24, 2.45) is 5.84 Å². The number of hydrogen-bond acceptors (Lipinski definition) is 4. The lowest BCUT2D eigenvalue weighted by Gasteiger charge is -2.21. The summed E-state index contributed by atoms with van der Waals surface area (Å²) in [7, 11) is 1.82. The number of ether oxygens (including phenoxy) is 1. The minimum Gasteiger partial charge on any atom is -0.376 e. The molecule has 1 atom stereocenters. The van der Waals surface area contributed by atoms with Crippen molar-refractivity contribution in [3.8, 4) is 0 Å². The highest BCUT2D eigenvalue weighted by Gasteiger charge is 2.21. The van der Waals surface area contributed by atoms with Crippen molar-refractivity contribution >= 4 is 11.6 Å². The largest absolute Gasteiger partial charge is 0.376 e. The number of carbonyl (C=O) groups is 1. The lowest BCUT2D eigenvalue weighted by Crippen LogP contribution is -2.34. The summed E-state index contributed by atoms with van der Waals surface area (Å²) in [5.74, 6) is 5.38. The first kappa shape index (κ1) is 13.8. The van der Waals surface area contributed by atoms with Crippen LogP contribution in [0.3, 0.4) is 0 Å². The third-order valence-corrected chi connectivity index (χ3v) is 3.47. The molecule has 1 amide bonds. The summed E-state index contributed by atoms with van der Waals surface area (Å²) in [5.41, 5.74) is 5.00. The van der Waals surface area contributed by atoms with Crippen LogP contribution in [-0.4, -0.2) is 37.1 Å². The van der Waals surface area contributed by atoms with E-state index in [1.54, 1.807) is 17.0 Å². The van der Waals surface area contributed by atoms with E-state index in [1.807, 2.05) is 20.0 Å². The lowest BCUT2D eigenvalue weighted by molar-refractivity contribution is 0.0586. The molecular weight excluding hydrogens is 242 g/mol. The molecule has 1 fully saturated rings. The molecule has 1 unspecified atom stereocenters. The zero-order valence-electron chi connectivity index (χ0n) is 11.5. The van der Waals surface area contributed by atoms with Gasteiger partial charge in [0.15, 0.2) is 0 Å². The number of anilines is 1. The van der Waals surface area contributed by atoms with Crippen LogP contribution >= 0.6 is 0 Å². The molecule has 1 aliphatic rings. The van der Waals surface area contributed by atoms with Crippen molar-refractivity contribution in [1.82, 2.24) is 4.90 Å². The van der Waals surface area contributed by atoms with Gasteiger partial charge in [-0.2, -0.15) is 0 Å². The number of nitrogens with one attached hydrogen (secondary N) is 1. The summed E-state index contributed by atoms with van der Waals surface area (Å²) in [6.07, 6.45) is 2.30. The summed E-state index contributed by atoms with van der Waals surface area (Å²) in [4.78, 5) is 14.1. The van der Waals surface area contributed by atoms with Crippen molar-refractivity contribution in [2.45, 2.75) is 25.9 Å². The second-order valence-electron chi connectivity index (χ2n) is 4.99. The molecule has 0 aromatic heterocycles. The molecule has 1 aromatic rings. The Labute approximate surface area is 113 Å². The van der Waals surface area contributed by atoms with Gasteiger partial charge in [0.2, 0.25) is 0 Å². The maximum absolute atomic E-state index is 12.4. The molecule has 0 saturated carbocycles. The van der Waals surface area contributed by atoms with E-state index in [1.165, 1.54) is 0 Å². The molecule has 1 heterocycles. The van der Waals surface area contributed by atoms with Gasteiger partial charge in [0.05, 0.1) is 6.10 Å². The average Bonchev–Trinajstić information content (AvgIpc) is 2.90. The Morgan fingerprint density at radius 2 is 2.37 bits per heavy atom. The van der Waals surface area contributed by atoms with Crippen molar-refractivity contribution in [3.63, 3.8) is 0 Å². The third-order valence-electron chi connectivity index (χ3n) is 3.47. The topological polar surface area (TPSA) is 67.6 Å². The summed E-state index contributed by atoms with van der Waals surface area (Å²) in [6.45, 7) is 3.37. The molecule has 0 bridgehead atoms. The van der Waals surface area contributed by atoms with Crippen LogP contribution in [0.5, 0.6) is 0 Å².